The van der Waals surface area contributed by atoms with Gasteiger partial charge in [-0.1, -0.05) is 24.8 Å². The van der Waals surface area contributed by atoms with Gasteiger partial charge in [-0.05, 0) is 18.9 Å². The van der Waals surface area contributed by atoms with E-state index in [1.165, 1.54) is 0 Å². The fraction of sp³-hybridized carbons (Fsp3) is 0.438. The van der Waals surface area contributed by atoms with Crippen LogP contribution in [0.2, 0.25) is 0 Å². The molecule has 0 aromatic rings. The first-order valence-corrected chi connectivity index (χ1v) is 7.55. The molecule has 6 heteroatoms. The second-order valence-electron chi connectivity index (χ2n) is 5.00. The number of ketones is 1. The molecule has 0 fully saturated rings. The zero-order chi connectivity index (χ0) is 15.6. The van der Waals surface area contributed by atoms with E-state index < -0.39 is 0 Å². The summed E-state index contributed by atoms with van der Waals surface area (Å²) >= 11 is 0. The highest BCUT2D eigenvalue weighted by molar-refractivity contribution is 5.97. The minimum Gasteiger partial charge on any atom is -0.428 e. The van der Waals surface area contributed by atoms with E-state index in [2.05, 4.69) is 27.2 Å². The van der Waals surface area contributed by atoms with Crippen LogP contribution in [0.1, 0.15) is 25.7 Å². The number of carbonyl (C=O) groups is 1. The molecule has 118 valence electrons. The molecule has 0 atom stereocenters. The Hall–Kier alpha value is -2.37. The molecule has 0 bridgehead atoms. The van der Waals surface area contributed by atoms with Crippen molar-refractivity contribution in [2.45, 2.75) is 25.7 Å². The molecular weight excluding hydrogens is 280 g/mol. The molecule has 6 nitrogen and oxygen atoms in total. The third-order valence-electron chi connectivity index (χ3n) is 3.19. The quantitative estimate of drug-likeness (QED) is 0.761. The van der Waals surface area contributed by atoms with Crippen molar-refractivity contribution in [1.29, 1.82) is 0 Å². The van der Waals surface area contributed by atoms with Crippen LogP contribution in [0.25, 0.3) is 0 Å². The molecule has 0 aromatic heterocycles. The van der Waals surface area contributed by atoms with Gasteiger partial charge in [0.1, 0.15) is 18.1 Å². The van der Waals surface area contributed by atoms with Crippen LogP contribution in [0.15, 0.2) is 46.6 Å². The Labute approximate surface area is 130 Å². The van der Waals surface area contributed by atoms with Crippen LogP contribution in [-0.2, 0) is 9.53 Å². The Morgan fingerprint density at radius 1 is 1.23 bits per heavy atom. The standard InChI is InChI=1S/C16H22N4O2/c1-2-3-4-8-14-12-19-16(22-14)20-15-17-10-6-5-7-13(21)9-11-18-15/h2-4,8H,1,5-7,9-12H2,(H2,17,18,19,20)/b4-3-,14-8+. The van der Waals surface area contributed by atoms with Crippen LogP contribution >= 0.6 is 0 Å². The summed E-state index contributed by atoms with van der Waals surface area (Å²) in [6.45, 7) is 5.36. The second-order valence-corrected chi connectivity index (χ2v) is 5.00. The Morgan fingerprint density at radius 3 is 3.00 bits per heavy atom. The van der Waals surface area contributed by atoms with E-state index in [0.29, 0.717) is 50.2 Å². The van der Waals surface area contributed by atoms with Gasteiger partial charge in [-0.3, -0.25) is 15.1 Å². The predicted molar refractivity (Wildman–Crippen MR) is 87.7 cm³/mol. The molecule has 0 spiro atoms. The summed E-state index contributed by atoms with van der Waals surface area (Å²) in [5.41, 5.74) is 0. The lowest BCUT2D eigenvalue weighted by molar-refractivity contribution is -0.119. The number of nitrogens with one attached hydrogen (secondary N) is 2. The smallest absolute Gasteiger partial charge is 0.297 e. The summed E-state index contributed by atoms with van der Waals surface area (Å²) in [5.74, 6) is 1.66. The Balaban J connectivity index is 1.87. The topological polar surface area (TPSA) is 75.1 Å². The maximum Gasteiger partial charge on any atom is 0.297 e. The Morgan fingerprint density at radius 2 is 2.14 bits per heavy atom. The highest BCUT2D eigenvalue weighted by Gasteiger charge is 2.15. The minimum absolute atomic E-state index is 0.294. The lowest BCUT2D eigenvalue weighted by Gasteiger charge is -2.13. The summed E-state index contributed by atoms with van der Waals surface area (Å²) in [5, 5.41) is 6.16. The van der Waals surface area contributed by atoms with Crippen molar-refractivity contribution in [2.75, 3.05) is 19.6 Å². The molecule has 0 aliphatic carbocycles. The van der Waals surface area contributed by atoms with Gasteiger partial charge in [-0.15, -0.1) is 0 Å². The van der Waals surface area contributed by atoms with Crippen LogP contribution < -0.4 is 10.6 Å². The van der Waals surface area contributed by atoms with E-state index in [1.54, 1.807) is 6.08 Å². The number of amidine groups is 1. The van der Waals surface area contributed by atoms with Crippen LogP contribution in [0.5, 0.6) is 0 Å². The van der Waals surface area contributed by atoms with Crippen LogP contribution in [0.3, 0.4) is 0 Å². The first-order valence-electron chi connectivity index (χ1n) is 7.55. The highest BCUT2D eigenvalue weighted by Crippen LogP contribution is 2.07. The summed E-state index contributed by atoms with van der Waals surface area (Å²) in [6, 6.07) is 0.424. The molecule has 2 rings (SSSR count). The fourth-order valence-electron chi connectivity index (χ4n) is 2.04. The zero-order valence-electron chi connectivity index (χ0n) is 12.7. The monoisotopic (exact) mass is 302 g/mol. The first-order chi connectivity index (χ1) is 10.8. The van der Waals surface area contributed by atoms with Gasteiger partial charge < -0.3 is 10.1 Å². The van der Waals surface area contributed by atoms with Gasteiger partial charge in [0.2, 0.25) is 0 Å². The number of allylic oxidation sites excluding steroid dienone is 4. The van der Waals surface area contributed by atoms with Gasteiger partial charge in [-0.2, -0.15) is 0 Å². The molecule has 2 aliphatic rings. The number of carbonyl (C=O) groups excluding carboxylic acids is 1. The van der Waals surface area contributed by atoms with Crippen LogP contribution in [-0.4, -0.2) is 37.4 Å². The van der Waals surface area contributed by atoms with Gasteiger partial charge in [0, 0.05) is 25.9 Å². The van der Waals surface area contributed by atoms with Gasteiger partial charge >= 0.3 is 0 Å². The average Bonchev–Trinajstić information content (AvgIpc) is 2.94. The molecule has 2 N–H and O–H groups in total. The number of hydrogen-bond donors (Lipinski definition) is 2. The van der Waals surface area contributed by atoms with E-state index in [0.717, 1.165) is 18.6 Å². The van der Waals surface area contributed by atoms with Gasteiger partial charge in [-0.25, -0.2) is 4.99 Å². The molecular formula is C16H22N4O2. The molecule has 0 radical (unpaired) electrons. The number of rotatable bonds is 2. The molecule has 0 unspecified atom stereocenters. The van der Waals surface area contributed by atoms with Crippen molar-refractivity contribution in [3.05, 3.63) is 36.6 Å². The summed E-state index contributed by atoms with van der Waals surface area (Å²) in [4.78, 5) is 20.3. The Bertz CT molecular complexity index is 532. The van der Waals surface area contributed by atoms with E-state index in [9.17, 15) is 4.79 Å². The highest BCUT2D eigenvalue weighted by atomic mass is 16.5. The van der Waals surface area contributed by atoms with E-state index in [-0.39, 0.29) is 0 Å². The van der Waals surface area contributed by atoms with Crippen molar-refractivity contribution < 1.29 is 9.53 Å². The largest absolute Gasteiger partial charge is 0.428 e. The number of hydrogen-bond acceptors (Lipinski definition) is 6. The molecule has 2 aliphatic heterocycles. The van der Waals surface area contributed by atoms with E-state index in [1.807, 2.05) is 18.2 Å². The third kappa shape index (κ3) is 5.55. The molecule has 0 aromatic carbocycles. The van der Waals surface area contributed by atoms with Crippen LogP contribution in [0, 0.1) is 0 Å². The van der Waals surface area contributed by atoms with Crippen molar-refractivity contribution in [3.63, 3.8) is 0 Å². The zero-order valence-corrected chi connectivity index (χ0v) is 12.7. The first kappa shape index (κ1) is 16.0. The SMILES string of the molecule is C=C/C=C\C=C1/CN=C(NC2=NCCCCC(=O)CCN2)O1. The number of ether oxygens (including phenoxy) is 1. The fourth-order valence-corrected chi connectivity index (χ4v) is 2.04. The summed E-state index contributed by atoms with van der Waals surface area (Å²) < 4.78 is 5.59. The van der Waals surface area contributed by atoms with Gasteiger partial charge in [0.25, 0.3) is 6.02 Å². The number of guanidine groups is 1. The van der Waals surface area contributed by atoms with Gasteiger partial charge in [0.15, 0.2) is 5.96 Å². The molecule has 0 saturated heterocycles. The summed E-state index contributed by atoms with van der Waals surface area (Å²) in [7, 11) is 0. The van der Waals surface area contributed by atoms with E-state index in [4.69, 9.17) is 4.74 Å². The third-order valence-corrected chi connectivity index (χ3v) is 3.19. The minimum atomic E-state index is 0.294. The molecule has 2 heterocycles. The average molecular weight is 302 g/mol. The van der Waals surface area contributed by atoms with Crippen molar-refractivity contribution >= 4 is 17.8 Å². The van der Waals surface area contributed by atoms with Crippen molar-refractivity contribution in [3.8, 4) is 0 Å². The lowest BCUT2D eigenvalue weighted by atomic mass is 10.1. The number of nitrogens with zero attached hydrogens (tertiary/aromatic N) is 2. The maximum atomic E-state index is 11.6. The maximum absolute atomic E-state index is 11.6. The molecule has 22 heavy (non-hydrogen) atoms. The predicted octanol–water partition coefficient (Wildman–Crippen LogP) is 1.68. The Kier molecular flexibility index (Phi) is 6.41. The van der Waals surface area contributed by atoms with Gasteiger partial charge in [0.05, 0.1) is 0 Å². The van der Waals surface area contributed by atoms with Crippen LogP contribution in [0.4, 0.5) is 0 Å². The van der Waals surface area contributed by atoms with Crippen molar-refractivity contribution in [2.24, 2.45) is 9.98 Å². The number of Topliss-reactive ketones (excluding diaryl/α,β-unsaturated/α-hetero) is 1. The number of aliphatic imine (C=N–C) groups is 2. The normalized spacial score (nSPS) is 21.8. The second kappa shape index (κ2) is 8.81. The molecule has 0 amide bonds. The van der Waals surface area contributed by atoms with E-state index >= 15 is 0 Å². The lowest BCUT2D eigenvalue weighted by Crippen LogP contribution is -2.42. The summed E-state index contributed by atoms with van der Waals surface area (Å²) in [6.07, 6.45) is 10.2. The molecule has 0 saturated carbocycles. The van der Waals surface area contributed by atoms with Crippen molar-refractivity contribution in [1.82, 2.24) is 10.6 Å².